The molecule has 3 unspecified atom stereocenters. The molecule has 0 aliphatic carbocycles. The Kier molecular flexibility index (Phi) is 46.7. The van der Waals surface area contributed by atoms with E-state index in [1.165, 1.54) is 33.9 Å². The summed E-state index contributed by atoms with van der Waals surface area (Å²) in [4.78, 5) is 40.3. The first kappa shape index (κ1) is 117. The van der Waals surface area contributed by atoms with Crippen molar-refractivity contribution >= 4 is 29.7 Å². The van der Waals surface area contributed by atoms with Crippen LogP contribution in [-0.2, 0) is 38.6 Å². The van der Waals surface area contributed by atoms with Gasteiger partial charge in [-0.25, -0.2) is 18.4 Å². The monoisotopic (exact) mass is 1810 g/mol. The van der Waals surface area contributed by atoms with Gasteiger partial charge in [0.1, 0.15) is 25.9 Å². The molecular formula is C50H30F48N8O10. The standard InChI is InChI=1S/C14H10F3NO.C12H8FNO.C9H2F18O3.C7H2F14O3.C3H2F6O.C3H4F3N3.CF2O.CH2FN3/c1-3-9-18(13(19)10-14(15,16)17)12-7-5-11(4-2)6-8-12;1-3-9-14(12(13)15)11-7-5-10(4-2)6-8-11;10-2(5(15,16)17,1-3(11,12)13)28-8(23,24)9(25,26)29-4(14,6(18,19)20)7(21,22)30-27;8-2(9,10)1-22-5(15,16)3(11,4(12,13)14)23-6(17,18)7(19,20)24-21;4-2(5,6)1-3(7,8)10-9;4-3(5,6)1-2-8-9-7;2-1(3)4;2-1-4-5-3/h1-2,5-8H,9-10H2;1-2,5-8H,9H2;1H2;1H2;1H2;1-2H2;;1H2. The molecule has 0 radical (unpaired) electrons. The normalized spacial score (nSPS) is 14.0. The van der Waals surface area contributed by atoms with Gasteiger partial charge >= 0.3 is 122 Å². The highest BCUT2D eigenvalue weighted by molar-refractivity contribution is 5.94. The molecule has 666 valence electrons. The molecule has 0 spiro atoms. The van der Waals surface area contributed by atoms with Crippen LogP contribution in [0.4, 0.5) is 232 Å². The van der Waals surface area contributed by atoms with Crippen molar-refractivity contribution < 1.29 is 259 Å². The first-order chi connectivity index (χ1) is 51.4. The number of benzene rings is 2. The quantitative estimate of drug-likeness (QED) is 0.0174. The topological polar surface area (TPSA) is 220 Å². The highest BCUT2D eigenvalue weighted by Gasteiger charge is 2.83. The maximum absolute atomic E-state index is 13.3. The van der Waals surface area contributed by atoms with Crippen LogP contribution in [0.1, 0.15) is 36.8 Å². The highest BCUT2D eigenvalue weighted by atomic mass is 19.5. The van der Waals surface area contributed by atoms with E-state index in [2.05, 4.69) is 48.5 Å². The van der Waals surface area contributed by atoms with Crippen molar-refractivity contribution in [3.8, 4) is 49.4 Å². The van der Waals surface area contributed by atoms with E-state index in [0.717, 1.165) is 14.7 Å². The van der Waals surface area contributed by atoms with Gasteiger partial charge in [-0.1, -0.05) is 33.9 Å². The molecule has 0 N–H and O–H groups in total. The van der Waals surface area contributed by atoms with Crippen LogP contribution in [0.15, 0.2) is 58.8 Å². The number of carbonyl (C=O) groups excluding carboxylic acids is 3. The molecule has 2 amide bonds. The Hall–Kier alpha value is -9.73. The summed E-state index contributed by atoms with van der Waals surface area (Å²) >= 11 is 0. The van der Waals surface area contributed by atoms with Gasteiger partial charge in [0.15, 0.2) is 6.80 Å². The number of amides is 2. The second kappa shape index (κ2) is 46.3. The van der Waals surface area contributed by atoms with Crippen molar-refractivity contribution in [2.24, 2.45) is 10.2 Å². The maximum Gasteiger partial charge on any atom is 0.483 e. The summed E-state index contributed by atoms with van der Waals surface area (Å²) in [6.07, 6.45) is -89.8. The molecule has 2 rings (SSSR count). The van der Waals surface area contributed by atoms with Crippen molar-refractivity contribution in [3.63, 3.8) is 0 Å². The zero-order chi connectivity index (χ0) is 93.8. The van der Waals surface area contributed by atoms with Crippen LogP contribution >= 0.6 is 0 Å². The average Bonchev–Trinajstić information content (AvgIpc) is 0.741. The van der Waals surface area contributed by atoms with Gasteiger partial charge < -0.3 is 9.64 Å². The van der Waals surface area contributed by atoms with Gasteiger partial charge in [0.05, 0.1) is 13.1 Å². The lowest BCUT2D eigenvalue weighted by Crippen LogP contribution is -2.64. The number of terminal acetylenes is 4. The molecule has 116 heavy (non-hydrogen) atoms. The van der Waals surface area contributed by atoms with Crippen LogP contribution < -0.4 is 9.80 Å². The third kappa shape index (κ3) is 44.4. The van der Waals surface area contributed by atoms with Crippen LogP contribution in [0.5, 0.6) is 0 Å². The Balaban J connectivity index is -0.000000317. The van der Waals surface area contributed by atoms with Crippen LogP contribution in [-0.4, -0.2) is 161 Å². The summed E-state index contributed by atoms with van der Waals surface area (Å²) in [7, 11) is 0. The van der Waals surface area contributed by atoms with Crippen molar-refractivity contribution in [2.45, 2.75) is 135 Å². The number of ether oxygens (including phenoxy) is 4. The molecule has 2 aromatic rings. The van der Waals surface area contributed by atoms with Gasteiger partial charge in [0.2, 0.25) is 5.91 Å². The van der Waals surface area contributed by atoms with Crippen LogP contribution in [0.2, 0.25) is 0 Å². The number of hydrogen-bond donors (Lipinski definition) is 0. The average molecular weight is 1810 g/mol. The van der Waals surface area contributed by atoms with Gasteiger partial charge in [-0.3, -0.25) is 23.9 Å². The fourth-order valence-electron chi connectivity index (χ4n) is 5.12. The Morgan fingerprint density at radius 2 is 0.750 bits per heavy atom. The lowest BCUT2D eigenvalue weighted by Gasteiger charge is -2.38. The molecule has 0 heterocycles. The summed E-state index contributed by atoms with van der Waals surface area (Å²) in [5.74, 6) is -13.6. The van der Waals surface area contributed by atoms with Crippen molar-refractivity contribution in [2.75, 3.05) is 42.8 Å². The van der Waals surface area contributed by atoms with E-state index in [1.807, 2.05) is 0 Å². The maximum atomic E-state index is 13.3. The number of halogens is 48. The number of azide groups is 2. The summed E-state index contributed by atoms with van der Waals surface area (Å²) in [6, 6.07) is 12.3. The molecule has 0 saturated carbocycles. The fourth-order valence-corrected chi connectivity index (χ4v) is 5.12. The molecule has 0 aromatic heterocycles. The smallest absolute Gasteiger partial charge is 0.306 e. The number of nitrogens with zero attached hydrogens (tertiary/aromatic N) is 8. The Labute approximate surface area is 607 Å². The highest BCUT2D eigenvalue weighted by Crippen LogP contribution is 2.56. The Morgan fingerprint density at radius 3 is 1.00 bits per heavy atom. The van der Waals surface area contributed by atoms with Crippen LogP contribution in [0.3, 0.4) is 0 Å². The van der Waals surface area contributed by atoms with E-state index >= 15 is 0 Å². The van der Waals surface area contributed by atoms with Crippen molar-refractivity contribution in [1.29, 1.82) is 0 Å². The summed E-state index contributed by atoms with van der Waals surface area (Å²) in [6.45, 7) is -5.11. The molecule has 0 aliphatic heterocycles. The molecule has 3 atom stereocenters. The largest absolute Gasteiger partial charge is 0.483 e. The van der Waals surface area contributed by atoms with E-state index in [4.69, 9.17) is 41.6 Å². The van der Waals surface area contributed by atoms with Gasteiger partial charge in [0.25, 0.3) is 0 Å². The number of rotatable bonds is 25. The first-order valence-electron chi connectivity index (χ1n) is 26.0. The van der Waals surface area contributed by atoms with Gasteiger partial charge in [0, 0.05) is 45.3 Å². The molecule has 0 bridgehead atoms. The molecule has 0 saturated heterocycles. The Morgan fingerprint density at radius 1 is 0.414 bits per heavy atom. The minimum Gasteiger partial charge on any atom is -0.306 e. The number of hydrogen-bond acceptors (Lipinski definition) is 12. The molecule has 0 aliphatic rings. The van der Waals surface area contributed by atoms with Gasteiger partial charge in [-0.05, 0) is 73.2 Å². The third-order valence-corrected chi connectivity index (χ3v) is 9.69. The Bertz CT molecular complexity index is 3580. The summed E-state index contributed by atoms with van der Waals surface area (Å²) in [5.41, 5.74) is 16.7. The third-order valence-electron chi connectivity index (χ3n) is 9.69. The van der Waals surface area contributed by atoms with E-state index in [-0.39, 0.29) is 18.8 Å². The van der Waals surface area contributed by atoms with Crippen molar-refractivity contribution in [1.82, 2.24) is 0 Å². The first-order valence-corrected chi connectivity index (χ1v) is 26.0. The van der Waals surface area contributed by atoms with Gasteiger partial charge in [-0.15, -0.1) is 53.7 Å². The van der Waals surface area contributed by atoms with Crippen molar-refractivity contribution in [3.05, 3.63) is 80.5 Å². The number of alkyl halides is 42. The van der Waals surface area contributed by atoms with Gasteiger partial charge in [-0.2, -0.15) is 176 Å². The lowest BCUT2D eigenvalue weighted by atomic mass is 10.2. The molecule has 18 nitrogen and oxygen atoms in total. The molecular weight excluding hydrogens is 1780 g/mol. The fraction of sp³-hybridized carbons (Fsp3) is 0.540. The summed E-state index contributed by atoms with van der Waals surface area (Å²) in [5, 5.41) is 5.20. The predicted molar refractivity (Wildman–Crippen MR) is 278 cm³/mol. The van der Waals surface area contributed by atoms with Crippen LogP contribution in [0, 0.1) is 49.4 Å². The van der Waals surface area contributed by atoms with E-state index in [1.54, 1.807) is 38.7 Å². The molecule has 2 aromatic carbocycles. The number of anilines is 2. The SMILES string of the molecule is C#CCN(C(=O)CC(F)(F)F)c1ccc(C#C)cc1.C#CCN(C(=O)F)c1ccc(C#C)cc1.FOC(F)(F)C(F)(F)OC(F)(C(F)(F)F)C(F)(F)OCC(F)(F)F.FOC(F)(F)C(F)(OC(F)(F)C(F)(F)OC(F)(CC(F)(F)F)C(F)(F)F)C(F)(F)F.FOC(F)(F)CC(F)(F)F.O=C(F)F.[N-]=[N+]=NCCC(F)(F)F.[N-]=[N+]=NCF. The second-order valence-electron chi connectivity index (χ2n) is 18.5. The second-order valence-corrected chi connectivity index (χ2v) is 18.5. The summed E-state index contributed by atoms with van der Waals surface area (Å²) < 4.78 is 581. The van der Waals surface area contributed by atoms with E-state index in [0.29, 0.717) is 16.8 Å². The van der Waals surface area contributed by atoms with E-state index in [9.17, 15) is 221 Å². The zero-order valence-corrected chi connectivity index (χ0v) is 53.6. The minimum atomic E-state index is -7.74. The predicted octanol–water partition coefficient (Wildman–Crippen LogP) is 22.3. The van der Waals surface area contributed by atoms with Crippen LogP contribution in [0.25, 0.3) is 20.9 Å². The molecule has 0 fully saturated rings. The molecule has 66 heteroatoms. The lowest BCUT2D eigenvalue weighted by molar-refractivity contribution is -0.568. The number of carbonyl (C=O) groups is 3. The zero-order valence-electron chi connectivity index (χ0n) is 53.6. The van der Waals surface area contributed by atoms with E-state index < -0.39 is 174 Å². The minimum absolute atomic E-state index is 0.106.